The summed E-state index contributed by atoms with van der Waals surface area (Å²) in [7, 11) is -3.83. The molecule has 0 saturated heterocycles. The van der Waals surface area contributed by atoms with Crippen molar-refractivity contribution in [1.29, 1.82) is 0 Å². The molecule has 8 heteroatoms. The largest absolute Gasteiger partial charge is 0.328 e. The first-order chi connectivity index (χ1) is 8.88. The Morgan fingerprint density at radius 2 is 1.85 bits per heavy atom. The van der Waals surface area contributed by atoms with E-state index >= 15 is 0 Å². The van der Waals surface area contributed by atoms with Crippen LogP contribution in [0.15, 0.2) is 27.6 Å². The summed E-state index contributed by atoms with van der Waals surface area (Å²) in [5.74, 6) is -0.747. The molecule has 0 amide bonds. The third kappa shape index (κ3) is 4.39. The van der Waals surface area contributed by atoms with Crippen molar-refractivity contribution >= 4 is 38.4 Å². The summed E-state index contributed by atoms with van der Waals surface area (Å²) in [5.41, 5.74) is 5.77. The Kier molecular flexibility index (Phi) is 6.40. The number of halogens is 3. The van der Waals surface area contributed by atoms with Gasteiger partial charge in [-0.2, -0.15) is 0 Å². The molecule has 4 nitrogen and oxygen atoms in total. The van der Waals surface area contributed by atoms with Crippen LogP contribution in [0.1, 0.15) is 25.7 Å². The van der Waals surface area contributed by atoms with Gasteiger partial charge in [-0.3, -0.25) is 0 Å². The molecule has 0 bridgehead atoms. The molecule has 1 aromatic rings. The monoisotopic (exact) mass is 386 g/mol. The molecule has 3 N–H and O–H groups in total. The standard InChI is InChI=1S/C12H16BrFN2O2S.ClH/c13-8-1-6-11(14)12(7-8)19(17,18)16-10-4-2-9(15)3-5-10;/h1,6-7,9-10,16H,2-5,15H2;1H. The van der Waals surface area contributed by atoms with Crippen LogP contribution in [0.4, 0.5) is 4.39 Å². The Morgan fingerprint density at radius 1 is 1.25 bits per heavy atom. The minimum absolute atomic E-state index is 0. The van der Waals surface area contributed by atoms with Crippen molar-refractivity contribution in [2.24, 2.45) is 5.73 Å². The third-order valence-corrected chi connectivity index (χ3v) is 5.31. The van der Waals surface area contributed by atoms with Gasteiger partial charge >= 0.3 is 0 Å². The molecule has 1 aliphatic rings. The van der Waals surface area contributed by atoms with E-state index in [0.717, 1.165) is 18.9 Å². The van der Waals surface area contributed by atoms with Gasteiger partial charge in [0.25, 0.3) is 0 Å². The fraction of sp³-hybridized carbons (Fsp3) is 0.500. The highest BCUT2D eigenvalue weighted by atomic mass is 79.9. The molecular weight excluding hydrogens is 371 g/mol. The van der Waals surface area contributed by atoms with Crippen LogP contribution in [0.3, 0.4) is 0 Å². The molecule has 0 atom stereocenters. The average Bonchev–Trinajstić information content (AvgIpc) is 2.35. The van der Waals surface area contributed by atoms with Gasteiger partial charge in [0, 0.05) is 16.6 Å². The molecule has 0 unspecified atom stereocenters. The van der Waals surface area contributed by atoms with Crippen LogP contribution in [0.2, 0.25) is 0 Å². The lowest BCUT2D eigenvalue weighted by Crippen LogP contribution is -2.40. The van der Waals surface area contributed by atoms with Gasteiger partial charge in [0.05, 0.1) is 0 Å². The topological polar surface area (TPSA) is 72.2 Å². The number of hydrogen-bond acceptors (Lipinski definition) is 3. The van der Waals surface area contributed by atoms with Crippen molar-refractivity contribution in [2.45, 2.75) is 42.7 Å². The van der Waals surface area contributed by atoms with E-state index in [-0.39, 0.29) is 29.4 Å². The molecule has 1 aliphatic carbocycles. The van der Waals surface area contributed by atoms with Crippen LogP contribution in [0.5, 0.6) is 0 Å². The van der Waals surface area contributed by atoms with Gasteiger partial charge in [0.1, 0.15) is 10.7 Å². The van der Waals surface area contributed by atoms with Gasteiger partial charge in [0.15, 0.2) is 0 Å². The summed E-state index contributed by atoms with van der Waals surface area (Å²) in [5, 5.41) is 0. The van der Waals surface area contributed by atoms with Crippen molar-refractivity contribution in [3.05, 3.63) is 28.5 Å². The van der Waals surface area contributed by atoms with E-state index in [4.69, 9.17) is 5.73 Å². The first-order valence-electron chi connectivity index (χ1n) is 6.11. The Bertz CT molecular complexity index is 563. The highest BCUT2D eigenvalue weighted by Gasteiger charge is 2.26. The van der Waals surface area contributed by atoms with Gasteiger partial charge in [-0.15, -0.1) is 12.4 Å². The maximum Gasteiger partial charge on any atom is 0.243 e. The molecule has 2 rings (SSSR count). The van der Waals surface area contributed by atoms with E-state index in [1.807, 2.05) is 0 Å². The predicted octanol–water partition coefficient (Wildman–Crippen LogP) is 2.56. The summed E-state index contributed by atoms with van der Waals surface area (Å²) in [4.78, 5) is -0.322. The molecule has 1 saturated carbocycles. The zero-order valence-corrected chi connectivity index (χ0v) is 13.9. The molecule has 0 radical (unpaired) electrons. The van der Waals surface area contributed by atoms with Gasteiger partial charge in [-0.25, -0.2) is 17.5 Å². The number of sulfonamides is 1. The second kappa shape index (κ2) is 7.17. The molecule has 20 heavy (non-hydrogen) atoms. The SMILES string of the molecule is Cl.NC1CCC(NS(=O)(=O)c2cc(Br)ccc2F)CC1. The molecule has 0 aromatic heterocycles. The quantitative estimate of drug-likeness (QED) is 0.837. The lowest BCUT2D eigenvalue weighted by atomic mass is 9.93. The van der Waals surface area contributed by atoms with E-state index < -0.39 is 15.8 Å². The lowest BCUT2D eigenvalue weighted by Gasteiger charge is -2.26. The van der Waals surface area contributed by atoms with Crippen LogP contribution in [-0.2, 0) is 10.0 Å². The molecule has 114 valence electrons. The highest BCUT2D eigenvalue weighted by molar-refractivity contribution is 9.10. The van der Waals surface area contributed by atoms with Crippen LogP contribution in [-0.4, -0.2) is 20.5 Å². The second-order valence-corrected chi connectivity index (χ2v) is 7.41. The van der Waals surface area contributed by atoms with E-state index in [1.54, 1.807) is 0 Å². The highest BCUT2D eigenvalue weighted by Crippen LogP contribution is 2.23. The van der Waals surface area contributed by atoms with Gasteiger partial charge in [0.2, 0.25) is 10.0 Å². The number of hydrogen-bond donors (Lipinski definition) is 2. The smallest absolute Gasteiger partial charge is 0.243 e. The Hall–Kier alpha value is -0.210. The normalized spacial score (nSPS) is 23.1. The Balaban J connectivity index is 0.00000200. The van der Waals surface area contributed by atoms with Crippen LogP contribution in [0, 0.1) is 5.82 Å². The van der Waals surface area contributed by atoms with Gasteiger partial charge in [-0.05, 0) is 43.9 Å². The number of benzene rings is 1. The van der Waals surface area contributed by atoms with Crippen LogP contribution >= 0.6 is 28.3 Å². The second-order valence-electron chi connectivity index (χ2n) is 4.81. The minimum atomic E-state index is -3.83. The number of nitrogens with one attached hydrogen (secondary N) is 1. The first-order valence-corrected chi connectivity index (χ1v) is 8.39. The van der Waals surface area contributed by atoms with E-state index in [1.165, 1.54) is 12.1 Å². The van der Waals surface area contributed by atoms with Gasteiger partial charge < -0.3 is 5.73 Å². The van der Waals surface area contributed by atoms with E-state index in [9.17, 15) is 12.8 Å². The van der Waals surface area contributed by atoms with Crippen molar-refractivity contribution in [3.63, 3.8) is 0 Å². The summed E-state index contributed by atoms with van der Waals surface area (Å²) < 4.78 is 41.0. The molecular formula is C12H17BrClFN2O2S. The van der Waals surface area contributed by atoms with Crippen molar-refractivity contribution < 1.29 is 12.8 Å². The number of rotatable bonds is 3. The Morgan fingerprint density at radius 3 is 2.45 bits per heavy atom. The fourth-order valence-electron chi connectivity index (χ4n) is 2.20. The van der Waals surface area contributed by atoms with Crippen LogP contribution < -0.4 is 10.5 Å². The lowest BCUT2D eigenvalue weighted by molar-refractivity contribution is 0.373. The average molecular weight is 388 g/mol. The summed E-state index contributed by atoms with van der Waals surface area (Å²) >= 11 is 3.15. The maximum atomic E-state index is 13.6. The van der Waals surface area contributed by atoms with E-state index in [2.05, 4.69) is 20.7 Å². The molecule has 0 heterocycles. The molecule has 0 spiro atoms. The maximum absolute atomic E-state index is 13.6. The summed E-state index contributed by atoms with van der Waals surface area (Å²) in [6, 6.07) is 3.85. The third-order valence-electron chi connectivity index (χ3n) is 3.28. The van der Waals surface area contributed by atoms with Gasteiger partial charge in [-0.1, -0.05) is 15.9 Å². The summed E-state index contributed by atoms with van der Waals surface area (Å²) in [6.07, 6.45) is 2.95. The molecule has 0 aliphatic heterocycles. The molecule has 1 aromatic carbocycles. The zero-order chi connectivity index (χ0) is 14.0. The van der Waals surface area contributed by atoms with Crippen molar-refractivity contribution in [3.8, 4) is 0 Å². The van der Waals surface area contributed by atoms with Crippen molar-refractivity contribution in [2.75, 3.05) is 0 Å². The minimum Gasteiger partial charge on any atom is -0.328 e. The van der Waals surface area contributed by atoms with Crippen LogP contribution in [0.25, 0.3) is 0 Å². The first kappa shape index (κ1) is 17.8. The predicted molar refractivity (Wildman–Crippen MR) is 81.9 cm³/mol. The molecule has 1 fully saturated rings. The number of nitrogens with two attached hydrogens (primary N) is 1. The summed E-state index contributed by atoms with van der Waals surface area (Å²) in [6.45, 7) is 0. The zero-order valence-electron chi connectivity index (χ0n) is 10.7. The van der Waals surface area contributed by atoms with E-state index in [0.29, 0.717) is 17.3 Å². The Labute approximate surface area is 132 Å². The fourth-order valence-corrected chi connectivity index (χ4v) is 4.12. The van der Waals surface area contributed by atoms with Crippen molar-refractivity contribution in [1.82, 2.24) is 4.72 Å².